The van der Waals surface area contributed by atoms with Crippen molar-refractivity contribution in [1.82, 2.24) is 0 Å². The molecule has 1 nitrogen and oxygen atoms in total. The molecule has 0 heterocycles. The number of benzene rings is 3. The molecular formula is C32H38OSiTi. The number of hydrogen-bond acceptors (Lipinski definition) is 1. The van der Waals surface area contributed by atoms with Gasteiger partial charge in [0.05, 0.1) is 0 Å². The Morgan fingerprint density at radius 1 is 0.829 bits per heavy atom. The van der Waals surface area contributed by atoms with Crippen molar-refractivity contribution in [3.05, 3.63) is 117 Å². The summed E-state index contributed by atoms with van der Waals surface area (Å²) in [6.07, 6.45) is 5.56. The molecular weight excluding hydrogens is 476 g/mol. The van der Waals surface area contributed by atoms with Gasteiger partial charge in [0, 0.05) is 0 Å². The Morgan fingerprint density at radius 2 is 1.40 bits per heavy atom. The summed E-state index contributed by atoms with van der Waals surface area (Å²) in [5, 5.41) is 1.76. The molecule has 0 spiro atoms. The SMILES string of the molecule is CC1=[C]([Ti]([O]c2cc(C)cc([Si](C)(C)C(C)(C)C)c2)=[C](c2ccccc2)c2ccccc2)CC=C1. The van der Waals surface area contributed by atoms with E-state index in [4.69, 9.17) is 3.32 Å². The van der Waals surface area contributed by atoms with Crippen LogP contribution in [0, 0.1) is 6.92 Å². The second kappa shape index (κ2) is 10.4. The summed E-state index contributed by atoms with van der Waals surface area (Å²) in [6.45, 7) is 16.6. The van der Waals surface area contributed by atoms with E-state index in [0.29, 0.717) is 0 Å². The van der Waals surface area contributed by atoms with Crippen molar-refractivity contribution >= 4 is 17.1 Å². The van der Waals surface area contributed by atoms with Crippen LogP contribution in [0.15, 0.2) is 100 Å². The van der Waals surface area contributed by atoms with Crippen LogP contribution in [-0.2, 0) is 17.8 Å². The Labute approximate surface area is 219 Å². The Morgan fingerprint density at radius 3 is 1.89 bits per heavy atom. The Bertz CT molecular complexity index is 1250. The predicted molar refractivity (Wildman–Crippen MR) is 151 cm³/mol. The number of aryl methyl sites for hydroxylation is 1. The summed E-state index contributed by atoms with van der Waals surface area (Å²) in [5.74, 6) is 1.04. The van der Waals surface area contributed by atoms with Crippen LogP contribution in [0.5, 0.6) is 5.75 Å². The molecule has 35 heavy (non-hydrogen) atoms. The third kappa shape index (κ3) is 5.61. The van der Waals surface area contributed by atoms with Gasteiger partial charge >= 0.3 is 220 Å². The van der Waals surface area contributed by atoms with Crippen molar-refractivity contribution in [2.45, 2.75) is 59.2 Å². The van der Waals surface area contributed by atoms with Crippen molar-refractivity contribution in [3.8, 4) is 5.75 Å². The fraction of sp³-hybridized carbons (Fsp3) is 0.281. The molecule has 0 aromatic heterocycles. The molecule has 1 aliphatic carbocycles. The molecule has 3 heteroatoms. The maximum atomic E-state index is 7.22. The number of hydrogen-bond donors (Lipinski definition) is 0. The van der Waals surface area contributed by atoms with Gasteiger partial charge in [0.15, 0.2) is 0 Å². The molecule has 4 rings (SSSR count). The van der Waals surface area contributed by atoms with Crippen LogP contribution in [0.3, 0.4) is 0 Å². The van der Waals surface area contributed by atoms with Gasteiger partial charge in [-0.2, -0.15) is 0 Å². The standard InChI is InChI=1S/C13H22OSi.C13H10.C6H7.Ti/c1-10-7-11(14)9-12(8-10)15(5,6)13(2,3)4;1-3-7-12(8-4-1)11-13-9-5-2-6-10-13;1-6-4-2-3-5-6;/h7-9,14H,1-6H3;1-10H;2,4H,3H2,1H3;/q;;;+1/p-1. The molecule has 0 saturated carbocycles. The predicted octanol–water partition coefficient (Wildman–Crippen LogP) is 8.13. The van der Waals surface area contributed by atoms with Crippen LogP contribution in [0.25, 0.3) is 0 Å². The minimum atomic E-state index is -2.40. The van der Waals surface area contributed by atoms with Crippen molar-refractivity contribution in [3.63, 3.8) is 0 Å². The number of rotatable bonds is 6. The average Bonchev–Trinajstić information content (AvgIpc) is 3.24. The number of allylic oxidation sites excluding steroid dienone is 4. The molecule has 3 aromatic carbocycles. The monoisotopic (exact) mass is 514 g/mol. The molecule has 0 radical (unpaired) electrons. The van der Waals surface area contributed by atoms with Crippen molar-refractivity contribution < 1.29 is 21.1 Å². The van der Waals surface area contributed by atoms with E-state index in [1.54, 1.807) is 0 Å². The van der Waals surface area contributed by atoms with Crippen molar-refractivity contribution in [2.24, 2.45) is 0 Å². The van der Waals surface area contributed by atoms with Gasteiger partial charge in [0.25, 0.3) is 0 Å². The van der Waals surface area contributed by atoms with Crippen molar-refractivity contribution in [1.29, 1.82) is 0 Å². The maximum absolute atomic E-state index is 7.22. The molecule has 0 atom stereocenters. The molecule has 0 fully saturated rings. The zero-order valence-electron chi connectivity index (χ0n) is 22.3. The molecule has 0 unspecified atom stereocenters. The third-order valence-electron chi connectivity index (χ3n) is 7.66. The normalized spacial score (nSPS) is 13.8. The van der Waals surface area contributed by atoms with Gasteiger partial charge in [-0.1, -0.05) is 0 Å². The van der Waals surface area contributed by atoms with E-state index in [0.717, 1.165) is 12.2 Å². The van der Waals surface area contributed by atoms with Gasteiger partial charge in [-0.3, -0.25) is 0 Å². The van der Waals surface area contributed by atoms with E-state index in [2.05, 4.69) is 139 Å². The van der Waals surface area contributed by atoms with Gasteiger partial charge in [-0.05, 0) is 0 Å². The average molecular weight is 515 g/mol. The quantitative estimate of drug-likeness (QED) is 0.302. The first-order valence-electron chi connectivity index (χ1n) is 12.6. The van der Waals surface area contributed by atoms with Crippen LogP contribution in [0.2, 0.25) is 18.1 Å². The van der Waals surface area contributed by atoms with Crippen molar-refractivity contribution in [2.75, 3.05) is 0 Å². The van der Waals surface area contributed by atoms with E-state index in [1.165, 1.54) is 35.1 Å². The van der Waals surface area contributed by atoms with E-state index in [1.807, 2.05) is 0 Å². The molecule has 3 aromatic rings. The van der Waals surface area contributed by atoms with E-state index in [-0.39, 0.29) is 5.04 Å². The first-order valence-corrected chi connectivity index (χ1v) is 17.8. The summed E-state index contributed by atoms with van der Waals surface area (Å²) in [5.41, 5.74) is 5.22. The summed E-state index contributed by atoms with van der Waals surface area (Å²) in [6, 6.07) is 28.7. The van der Waals surface area contributed by atoms with Gasteiger partial charge in [-0.25, -0.2) is 0 Å². The third-order valence-corrected chi connectivity index (χ3v) is 17.2. The van der Waals surface area contributed by atoms with Crippen LogP contribution in [0.1, 0.15) is 50.8 Å². The fourth-order valence-electron chi connectivity index (χ4n) is 4.51. The summed E-state index contributed by atoms with van der Waals surface area (Å²) < 4.78 is 10.1. The zero-order valence-corrected chi connectivity index (χ0v) is 24.8. The van der Waals surface area contributed by atoms with Gasteiger partial charge in [0.2, 0.25) is 0 Å². The molecule has 0 amide bonds. The Hall–Kier alpha value is -2.26. The molecule has 180 valence electrons. The van der Waals surface area contributed by atoms with Crippen LogP contribution < -0.4 is 8.51 Å². The van der Waals surface area contributed by atoms with E-state index >= 15 is 0 Å². The minimum absolute atomic E-state index is 0.275. The molecule has 1 aliphatic rings. The first kappa shape index (κ1) is 25.8. The Balaban J connectivity index is 1.94. The molecule has 0 bridgehead atoms. The second-order valence-electron chi connectivity index (χ2n) is 11.2. The van der Waals surface area contributed by atoms with Crippen LogP contribution >= 0.6 is 0 Å². The van der Waals surface area contributed by atoms with Gasteiger partial charge < -0.3 is 0 Å². The summed E-state index contributed by atoms with van der Waals surface area (Å²) in [4.78, 5) is 0. The van der Waals surface area contributed by atoms with Gasteiger partial charge in [0.1, 0.15) is 0 Å². The van der Waals surface area contributed by atoms with Crippen LogP contribution in [0.4, 0.5) is 0 Å². The first-order chi connectivity index (χ1) is 16.6. The molecule has 0 aliphatic heterocycles. The zero-order chi connectivity index (χ0) is 25.2. The van der Waals surface area contributed by atoms with Gasteiger partial charge in [-0.15, -0.1) is 0 Å². The topological polar surface area (TPSA) is 9.23 Å². The molecule has 0 N–H and O–H groups in total. The van der Waals surface area contributed by atoms with Crippen LogP contribution in [-0.4, -0.2) is 11.9 Å². The van der Waals surface area contributed by atoms with E-state index in [9.17, 15) is 0 Å². The fourth-order valence-corrected chi connectivity index (χ4v) is 10.3. The molecule has 0 saturated heterocycles. The summed E-state index contributed by atoms with van der Waals surface area (Å²) in [7, 11) is -1.69. The van der Waals surface area contributed by atoms with E-state index < -0.39 is 25.9 Å². The summed E-state index contributed by atoms with van der Waals surface area (Å²) >= 11 is -2.40. The Kier molecular flexibility index (Phi) is 7.66. The second-order valence-corrected chi connectivity index (χ2v) is 19.6.